The highest BCUT2D eigenvalue weighted by Gasteiger charge is 1.87. The van der Waals surface area contributed by atoms with Crippen LogP contribution in [-0.2, 0) is 9.53 Å². The highest BCUT2D eigenvalue weighted by Crippen LogP contribution is 1.77. The van der Waals surface area contributed by atoms with Crippen molar-refractivity contribution in [1.29, 1.82) is 0 Å². The molecule has 0 fully saturated rings. The van der Waals surface area contributed by atoms with Gasteiger partial charge in [-0.15, -0.1) is 0 Å². The molecule has 0 saturated carbocycles. The van der Waals surface area contributed by atoms with E-state index in [4.69, 9.17) is 0 Å². The fraction of sp³-hybridized carbons (Fsp3) is 0.286. The third-order valence-corrected chi connectivity index (χ3v) is 0.510. The molecule has 52 valence electrons. The molecule has 0 amide bonds. The van der Waals surface area contributed by atoms with E-state index in [-0.39, 0.29) is 14.0 Å². The summed E-state index contributed by atoms with van der Waals surface area (Å²) in [6, 6.07) is 0. The van der Waals surface area contributed by atoms with Crippen molar-refractivity contribution in [2.45, 2.75) is 7.43 Å². The molecule has 0 N–H and O–H groups in total. The van der Waals surface area contributed by atoms with Crippen LogP contribution in [0.4, 0.5) is 0 Å². The van der Waals surface area contributed by atoms with Crippen LogP contribution >= 0.6 is 0 Å². The molecule has 0 aromatic carbocycles. The first-order valence-electron chi connectivity index (χ1n) is 2.21. The summed E-state index contributed by atoms with van der Waals surface area (Å²) in [5, 5.41) is 0. The second kappa shape index (κ2) is 6.95. The molecular weight excluding hydrogens is 116 g/mol. The SMILES string of the molecule is C.C=CCOC(=O)C=C. The van der Waals surface area contributed by atoms with Gasteiger partial charge in [0.2, 0.25) is 0 Å². The summed E-state index contributed by atoms with van der Waals surface area (Å²) in [5.74, 6) is -0.412. The van der Waals surface area contributed by atoms with E-state index in [0.29, 0.717) is 0 Å². The van der Waals surface area contributed by atoms with E-state index in [1.165, 1.54) is 6.08 Å². The highest BCUT2D eigenvalue weighted by molar-refractivity contribution is 5.81. The topological polar surface area (TPSA) is 26.3 Å². The predicted molar refractivity (Wildman–Crippen MR) is 38.1 cm³/mol. The number of hydrogen-bond donors (Lipinski definition) is 0. The summed E-state index contributed by atoms with van der Waals surface area (Å²) >= 11 is 0. The van der Waals surface area contributed by atoms with Gasteiger partial charge in [0, 0.05) is 6.08 Å². The first-order valence-corrected chi connectivity index (χ1v) is 2.21. The molecule has 0 atom stereocenters. The predicted octanol–water partition coefficient (Wildman–Crippen LogP) is 1.54. The van der Waals surface area contributed by atoms with Gasteiger partial charge in [-0.3, -0.25) is 0 Å². The van der Waals surface area contributed by atoms with Gasteiger partial charge in [0.1, 0.15) is 6.61 Å². The van der Waals surface area contributed by atoms with E-state index in [2.05, 4.69) is 17.9 Å². The zero-order chi connectivity index (χ0) is 6.41. The molecule has 0 spiro atoms. The third-order valence-electron chi connectivity index (χ3n) is 0.510. The fourth-order valence-electron chi connectivity index (χ4n) is 0.200. The Labute approximate surface area is 55.8 Å². The molecule has 0 aliphatic rings. The summed E-state index contributed by atoms with van der Waals surface area (Å²) < 4.78 is 4.47. The van der Waals surface area contributed by atoms with E-state index in [1.807, 2.05) is 0 Å². The van der Waals surface area contributed by atoms with Crippen molar-refractivity contribution in [1.82, 2.24) is 0 Å². The van der Waals surface area contributed by atoms with Crippen LogP contribution in [0.25, 0.3) is 0 Å². The number of carbonyl (C=O) groups excluding carboxylic acids is 1. The Kier molecular flexibility index (Phi) is 8.38. The van der Waals surface area contributed by atoms with Gasteiger partial charge in [0.05, 0.1) is 0 Å². The van der Waals surface area contributed by atoms with Crippen molar-refractivity contribution in [3.05, 3.63) is 25.3 Å². The molecule has 2 heteroatoms. The van der Waals surface area contributed by atoms with E-state index >= 15 is 0 Å². The molecule has 0 saturated heterocycles. The number of ether oxygens (including phenoxy) is 1. The van der Waals surface area contributed by atoms with Gasteiger partial charge < -0.3 is 4.74 Å². The van der Waals surface area contributed by atoms with Crippen molar-refractivity contribution < 1.29 is 9.53 Å². The Morgan fingerprint density at radius 3 is 2.44 bits per heavy atom. The van der Waals surface area contributed by atoms with Gasteiger partial charge in [0.25, 0.3) is 0 Å². The van der Waals surface area contributed by atoms with Crippen LogP contribution in [0.2, 0.25) is 0 Å². The van der Waals surface area contributed by atoms with Crippen LogP contribution in [0.5, 0.6) is 0 Å². The van der Waals surface area contributed by atoms with Crippen molar-refractivity contribution in [3.8, 4) is 0 Å². The maximum absolute atomic E-state index is 10.2. The third kappa shape index (κ3) is 6.95. The molecule has 0 aromatic heterocycles. The zero-order valence-electron chi connectivity index (χ0n) is 4.59. The Balaban J connectivity index is 0. The smallest absolute Gasteiger partial charge is 0.330 e. The zero-order valence-corrected chi connectivity index (χ0v) is 4.59. The average molecular weight is 128 g/mol. The van der Waals surface area contributed by atoms with Crippen LogP contribution in [0.3, 0.4) is 0 Å². The van der Waals surface area contributed by atoms with Crippen LogP contribution in [0.15, 0.2) is 25.3 Å². The fourth-order valence-corrected chi connectivity index (χ4v) is 0.200. The van der Waals surface area contributed by atoms with Crippen molar-refractivity contribution in [3.63, 3.8) is 0 Å². The maximum Gasteiger partial charge on any atom is 0.330 e. The monoisotopic (exact) mass is 128 g/mol. The number of rotatable bonds is 3. The van der Waals surface area contributed by atoms with Gasteiger partial charge >= 0.3 is 5.97 Å². The summed E-state index contributed by atoms with van der Waals surface area (Å²) in [4.78, 5) is 10.2. The second-order valence-corrected chi connectivity index (χ2v) is 1.12. The first-order chi connectivity index (χ1) is 3.81. The Hall–Kier alpha value is -1.05. The van der Waals surface area contributed by atoms with Crippen LogP contribution in [0.1, 0.15) is 7.43 Å². The van der Waals surface area contributed by atoms with Crippen molar-refractivity contribution in [2.75, 3.05) is 6.61 Å². The van der Waals surface area contributed by atoms with E-state index < -0.39 is 5.97 Å². The lowest BCUT2D eigenvalue weighted by Crippen LogP contribution is -1.98. The van der Waals surface area contributed by atoms with E-state index in [0.717, 1.165) is 6.08 Å². The van der Waals surface area contributed by atoms with E-state index in [1.54, 1.807) is 0 Å². The molecule has 0 rings (SSSR count). The maximum atomic E-state index is 10.2. The van der Waals surface area contributed by atoms with Crippen molar-refractivity contribution in [2.24, 2.45) is 0 Å². The lowest BCUT2D eigenvalue weighted by Gasteiger charge is -1.92. The molecule has 0 aliphatic heterocycles. The lowest BCUT2D eigenvalue weighted by molar-refractivity contribution is -0.136. The van der Waals surface area contributed by atoms with Crippen LogP contribution < -0.4 is 0 Å². The Morgan fingerprint density at radius 1 is 1.56 bits per heavy atom. The minimum absolute atomic E-state index is 0. The molecular formula is C7H12O2. The molecule has 0 radical (unpaired) electrons. The van der Waals surface area contributed by atoms with Gasteiger partial charge in [0.15, 0.2) is 0 Å². The van der Waals surface area contributed by atoms with Crippen molar-refractivity contribution >= 4 is 5.97 Å². The summed E-state index contributed by atoms with van der Waals surface area (Å²) in [6.07, 6.45) is 2.62. The summed E-state index contributed by atoms with van der Waals surface area (Å²) in [7, 11) is 0. The summed E-state index contributed by atoms with van der Waals surface area (Å²) in [6.45, 7) is 6.81. The standard InChI is InChI=1S/C6H8O2.CH4/c1-3-5-8-6(7)4-2;/h3-4H,1-2,5H2;1H4. The van der Waals surface area contributed by atoms with E-state index in [9.17, 15) is 4.79 Å². The number of hydrogen-bond acceptors (Lipinski definition) is 2. The van der Waals surface area contributed by atoms with Crippen LogP contribution in [0, 0.1) is 0 Å². The number of esters is 1. The van der Waals surface area contributed by atoms with Gasteiger partial charge in [-0.05, 0) is 0 Å². The Bertz CT molecular complexity index is 105. The largest absolute Gasteiger partial charge is 0.458 e. The lowest BCUT2D eigenvalue weighted by atomic mass is 10.6. The first kappa shape index (κ1) is 10.8. The minimum atomic E-state index is -0.412. The molecule has 0 unspecified atom stereocenters. The van der Waals surface area contributed by atoms with Crippen LogP contribution in [-0.4, -0.2) is 12.6 Å². The highest BCUT2D eigenvalue weighted by atomic mass is 16.5. The molecule has 9 heavy (non-hydrogen) atoms. The minimum Gasteiger partial charge on any atom is -0.458 e. The normalized spacial score (nSPS) is 6.67. The average Bonchev–Trinajstić information content (AvgIpc) is 1.83. The summed E-state index contributed by atoms with van der Waals surface area (Å²) in [5.41, 5.74) is 0. The molecule has 2 nitrogen and oxygen atoms in total. The van der Waals surface area contributed by atoms with Gasteiger partial charge in [-0.2, -0.15) is 0 Å². The molecule has 0 aliphatic carbocycles. The second-order valence-electron chi connectivity index (χ2n) is 1.12. The molecule has 0 heterocycles. The molecule has 0 bridgehead atoms. The quantitative estimate of drug-likeness (QED) is 0.327. The molecule has 0 aromatic rings. The number of carbonyl (C=O) groups is 1. The van der Waals surface area contributed by atoms with Gasteiger partial charge in [-0.1, -0.05) is 26.7 Å². The van der Waals surface area contributed by atoms with Gasteiger partial charge in [-0.25, -0.2) is 4.79 Å². The Morgan fingerprint density at radius 2 is 2.11 bits per heavy atom.